The second-order valence-electron chi connectivity index (χ2n) is 1.57. The maximum absolute atomic E-state index is 8.77. The lowest BCUT2D eigenvalue weighted by Gasteiger charge is -2.01. The van der Waals surface area contributed by atoms with Gasteiger partial charge in [0, 0.05) is 0 Å². The van der Waals surface area contributed by atoms with Crippen LogP contribution < -0.4 is 0 Å². The Morgan fingerprint density at radius 3 is 2.57 bits per heavy atom. The van der Waals surface area contributed by atoms with Gasteiger partial charge in [0.25, 0.3) is 0 Å². The number of ether oxygens (including phenoxy) is 1. The van der Waals surface area contributed by atoms with Crippen LogP contribution in [0.25, 0.3) is 0 Å². The van der Waals surface area contributed by atoms with Crippen LogP contribution in [0.4, 0.5) is 0 Å². The van der Waals surface area contributed by atoms with Crippen molar-refractivity contribution in [2.45, 2.75) is 16.6 Å². The first-order valence-corrected chi connectivity index (χ1v) is 3.49. The number of rotatable bonds is 0. The number of alkyl halides is 1. The Labute approximate surface area is 56.0 Å². The average molecular weight is 214 g/mol. The smallest absolute Gasteiger partial charge is 0.166 e. The number of hydrogen-bond acceptors (Lipinski definition) is 2. The Hall–Kier alpha value is 0.650. The van der Waals surface area contributed by atoms with E-state index in [1.165, 1.54) is 0 Å². The molecule has 0 unspecified atom stereocenters. The molecule has 2 nitrogen and oxygen atoms in total. The fourth-order valence-corrected chi connectivity index (χ4v) is 1.01. The molecule has 0 aromatic rings. The lowest BCUT2D eigenvalue weighted by molar-refractivity contribution is -0.0541. The zero-order valence-corrected chi connectivity index (χ0v) is 5.96. The molecule has 42 valence electrons. The highest BCUT2D eigenvalue weighted by atomic mass is 127. The van der Waals surface area contributed by atoms with Crippen molar-refractivity contribution < 1.29 is 9.84 Å². The van der Waals surface area contributed by atoms with E-state index in [0.29, 0.717) is 3.92 Å². The first kappa shape index (κ1) is 5.78. The number of aliphatic hydroxyl groups excluding tert-OH is 1. The van der Waals surface area contributed by atoms with Gasteiger partial charge in [-0.1, -0.05) is 22.6 Å². The van der Waals surface area contributed by atoms with Crippen molar-refractivity contribution in [2.75, 3.05) is 6.61 Å². The second-order valence-corrected chi connectivity index (χ2v) is 3.17. The summed E-state index contributed by atoms with van der Waals surface area (Å²) in [7, 11) is 0. The first-order valence-electron chi connectivity index (χ1n) is 2.24. The standard InChI is InChI=1S/C4H7IO2/c5-3-1-2-7-4(3)6/h3-4,6H,1-2H2/t3-,4-/m0/s1. The van der Waals surface area contributed by atoms with Gasteiger partial charge >= 0.3 is 0 Å². The molecule has 0 aromatic carbocycles. The van der Waals surface area contributed by atoms with Crippen LogP contribution in [-0.4, -0.2) is 21.9 Å². The second kappa shape index (κ2) is 2.28. The Morgan fingerprint density at radius 2 is 2.43 bits per heavy atom. The quantitative estimate of drug-likeness (QED) is 0.470. The van der Waals surface area contributed by atoms with Crippen LogP contribution in [0.5, 0.6) is 0 Å². The minimum atomic E-state index is -0.499. The molecule has 1 rings (SSSR count). The monoisotopic (exact) mass is 214 g/mol. The molecule has 0 bridgehead atoms. The van der Waals surface area contributed by atoms with Crippen LogP contribution >= 0.6 is 22.6 Å². The maximum Gasteiger partial charge on any atom is 0.166 e. The predicted molar refractivity (Wildman–Crippen MR) is 34.4 cm³/mol. The average Bonchev–Trinajstić information content (AvgIpc) is 1.91. The Bertz CT molecular complexity index is 58.7. The van der Waals surface area contributed by atoms with E-state index in [2.05, 4.69) is 22.6 Å². The SMILES string of the molecule is O[C@H]1OCC[C@@H]1I. The molecule has 1 fully saturated rings. The minimum absolute atomic E-state index is 0.317. The molecule has 1 N–H and O–H groups in total. The molecular formula is C4H7IO2. The molecule has 1 aliphatic heterocycles. The largest absolute Gasteiger partial charge is 0.367 e. The van der Waals surface area contributed by atoms with E-state index in [1.807, 2.05) is 0 Å². The topological polar surface area (TPSA) is 29.5 Å². The number of hydrogen-bond donors (Lipinski definition) is 1. The predicted octanol–water partition coefficient (Wildman–Crippen LogP) is 0.529. The third-order valence-corrected chi connectivity index (χ3v) is 2.23. The fourth-order valence-electron chi connectivity index (χ4n) is 0.548. The van der Waals surface area contributed by atoms with Crippen LogP contribution in [-0.2, 0) is 4.74 Å². The highest BCUT2D eigenvalue weighted by Crippen LogP contribution is 2.18. The van der Waals surface area contributed by atoms with Crippen LogP contribution in [0.3, 0.4) is 0 Å². The maximum atomic E-state index is 8.77. The van der Waals surface area contributed by atoms with E-state index in [0.717, 1.165) is 13.0 Å². The Kier molecular flexibility index (Phi) is 1.88. The molecule has 0 spiro atoms. The summed E-state index contributed by atoms with van der Waals surface area (Å²) < 4.78 is 5.13. The molecule has 0 saturated carbocycles. The Morgan fingerprint density at radius 1 is 1.71 bits per heavy atom. The summed E-state index contributed by atoms with van der Waals surface area (Å²) in [6, 6.07) is 0. The lowest BCUT2D eigenvalue weighted by Crippen LogP contribution is -2.12. The van der Waals surface area contributed by atoms with Crippen molar-refractivity contribution in [3.05, 3.63) is 0 Å². The van der Waals surface area contributed by atoms with Crippen molar-refractivity contribution >= 4 is 22.6 Å². The first-order chi connectivity index (χ1) is 3.30. The molecule has 1 saturated heterocycles. The Balaban J connectivity index is 2.33. The summed E-state index contributed by atoms with van der Waals surface area (Å²) in [5.41, 5.74) is 0. The summed E-state index contributed by atoms with van der Waals surface area (Å²) in [4.78, 5) is 0. The van der Waals surface area contributed by atoms with Crippen molar-refractivity contribution in [2.24, 2.45) is 0 Å². The number of aliphatic hydroxyl groups is 1. The molecule has 0 radical (unpaired) electrons. The summed E-state index contributed by atoms with van der Waals surface area (Å²) in [6.45, 7) is 0.717. The minimum Gasteiger partial charge on any atom is -0.367 e. The normalized spacial score (nSPS) is 42.0. The molecule has 1 heterocycles. The van der Waals surface area contributed by atoms with Gasteiger partial charge < -0.3 is 9.84 Å². The zero-order valence-electron chi connectivity index (χ0n) is 3.80. The van der Waals surface area contributed by atoms with E-state index in [-0.39, 0.29) is 0 Å². The highest BCUT2D eigenvalue weighted by molar-refractivity contribution is 14.1. The van der Waals surface area contributed by atoms with Crippen molar-refractivity contribution in [3.63, 3.8) is 0 Å². The summed E-state index contributed by atoms with van der Waals surface area (Å²) >= 11 is 2.18. The third kappa shape index (κ3) is 1.27. The molecule has 3 heteroatoms. The van der Waals surface area contributed by atoms with Crippen LogP contribution in [0, 0.1) is 0 Å². The zero-order chi connectivity index (χ0) is 5.28. The molecule has 0 aliphatic carbocycles. The van der Waals surface area contributed by atoms with Gasteiger partial charge in [-0.15, -0.1) is 0 Å². The molecule has 7 heavy (non-hydrogen) atoms. The van der Waals surface area contributed by atoms with Crippen LogP contribution in [0.1, 0.15) is 6.42 Å². The van der Waals surface area contributed by atoms with Crippen molar-refractivity contribution in [1.82, 2.24) is 0 Å². The van der Waals surface area contributed by atoms with Gasteiger partial charge in [0.1, 0.15) is 0 Å². The van der Waals surface area contributed by atoms with Gasteiger partial charge in [0.2, 0.25) is 0 Å². The van der Waals surface area contributed by atoms with E-state index in [9.17, 15) is 0 Å². The van der Waals surface area contributed by atoms with Gasteiger partial charge in [-0.25, -0.2) is 0 Å². The van der Waals surface area contributed by atoms with E-state index in [4.69, 9.17) is 9.84 Å². The molecule has 2 atom stereocenters. The van der Waals surface area contributed by atoms with Gasteiger partial charge in [-0.05, 0) is 6.42 Å². The molecule has 1 aliphatic rings. The van der Waals surface area contributed by atoms with Crippen molar-refractivity contribution in [1.29, 1.82) is 0 Å². The number of halogens is 1. The van der Waals surface area contributed by atoms with Gasteiger partial charge in [0.15, 0.2) is 6.29 Å². The van der Waals surface area contributed by atoms with Gasteiger partial charge in [0.05, 0.1) is 10.5 Å². The van der Waals surface area contributed by atoms with E-state index in [1.54, 1.807) is 0 Å². The third-order valence-electron chi connectivity index (χ3n) is 0.992. The van der Waals surface area contributed by atoms with Gasteiger partial charge in [-0.3, -0.25) is 0 Å². The fraction of sp³-hybridized carbons (Fsp3) is 1.00. The molecule has 0 aromatic heterocycles. The lowest BCUT2D eigenvalue weighted by atomic mass is 10.4. The van der Waals surface area contributed by atoms with Crippen LogP contribution in [0.2, 0.25) is 0 Å². The summed E-state index contributed by atoms with van der Waals surface area (Å²) in [6.07, 6.45) is 0.488. The molecule has 0 amide bonds. The van der Waals surface area contributed by atoms with E-state index < -0.39 is 6.29 Å². The van der Waals surface area contributed by atoms with E-state index >= 15 is 0 Å². The van der Waals surface area contributed by atoms with Crippen molar-refractivity contribution in [3.8, 4) is 0 Å². The summed E-state index contributed by atoms with van der Waals surface area (Å²) in [5, 5.41) is 8.77. The van der Waals surface area contributed by atoms with Crippen LogP contribution in [0.15, 0.2) is 0 Å². The summed E-state index contributed by atoms with van der Waals surface area (Å²) in [5.74, 6) is 0. The molecular weight excluding hydrogens is 207 g/mol. The van der Waals surface area contributed by atoms with Gasteiger partial charge in [-0.2, -0.15) is 0 Å². The highest BCUT2D eigenvalue weighted by Gasteiger charge is 2.22.